The number of furan rings is 1. The summed E-state index contributed by atoms with van der Waals surface area (Å²) in [7, 11) is 1.67. The molecule has 1 aromatic heterocycles. The van der Waals surface area contributed by atoms with Crippen LogP contribution in [0.5, 0.6) is 0 Å². The highest BCUT2D eigenvalue weighted by Crippen LogP contribution is 2.38. The number of aliphatic hydroxyl groups is 1. The smallest absolute Gasteiger partial charge is 0.134 e. The van der Waals surface area contributed by atoms with E-state index < -0.39 is 0 Å². The molecule has 0 aliphatic heterocycles. The Hall–Kier alpha value is -1.30. The lowest BCUT2D eigenvalue weighted by molar-refractivity contribution is 0.135. The monoisotopic (exact) mass is 454 g/mol. The third-order valence-corrected chi connectivity index (χ3v) is 4.72. The van der Waals surface area contributed by atoms with Crippen molar-refractivity contribution in [3.63, 3.8) is 0 Å². The van der Waals surface area contributed by atoms with Crippen LogP contribution in [0.4, 0.5) is 0 Å². The van der Waals surface area contributed by atoms with Gasteiger partial charge in [-0.15, -0.1) is 0 Å². The fourth-order valence-electron chi connectivity index (χ4n) is 2.65. The molecule has 1 aromatic carbocycles. The van der Waals surface area contributed by atoms with Gasteiger partial charge in [-0.05, 0) is 33.6 Å². The van der Waals surface area contributed by atoms with Crippen LogP contribution in [-0.4, -0.2) is 17.5 Å². The number of ether oxygens (including phenoxy) is 1. The normalized spacial score (nSPS) is 14.2. The molecule has 0 saturated carbocycles. The quantitative estimate of drug-likeness (QED) is 0.300. The molecule has 3 nitrogen and oxygen atoms in total. The summed E-state index contributed by atoms with van der Waals surface area (Å²) >= 11 is 6.77. The summed E-state index contributed by atoms with van der Waals surface area (Å²) in [5.74, 6) is 0.869. The van der Waals surface area contributed by atoms with Crippen molar-refractivity contribution in [2.45, 2.75) is 19.4 Å². The molecule has 128 valence electrons. The molecule has 0 radical (unpaired) electrons. The minimum absolute atomic E-state index is 0.0295. The third-order valence-electron chi connectivity index (χ3n) is 3.71. The number of allylic oxidation sites excluding steroid dienone is 2. The number of fused-ring (bicyclic) bond motifs is 1. The number of hydrogen-bond acceptors (Lipinski definition) is 3. The summed E-state index contributed by atoms with van der Waals surface area (Å²) < 4.78 is 12.3. The number of aliphatic hydroxyl groups excluding tert-OH is 1. The molecule has 0 fully saturated rings. The fraction of sp³-hybridized carbons (Fsp3) is 0.263. The number of hydrogen-bond donors (Lipinski definition) is 1. The van der Waals surface area contributed by atoms with Gasteiger partial charge in [0.1, 0.15) is 23.2 Å². The summed E-state index contributed by atoms with van der Waals surface area (Å²) in [6.45, 7) is 5.60. The number of alkyl halides is 1. The van der Waals surface area contributed by atoms with Crippen LogP contribution < -0.4 is 0 Å². The SMILES string of the molecule is C=C(O)/C(Br)=C\C(=C/CBr)C(OC)c1c(CC)oc2ccccc12. The molecule has 2 aromatic rings. The zero-order chi connectivity index (χ0) is 17.7. The Labute approximate surface area is 158 Å². The summed E-state index contributed by atoms with van der Waals surface area (Å²) in [5.41, 5.74) is 2.76. The van der Waals surface area contributed by atoms with Crippen molar-refractivity contribution in [3.8, 4) is 0 Å². The van der Waals surface area contributed by atoms with Gasteiger partial charge >= 0.3 is 0 Å². The molecule has 0 amide bonds. The van der Waals surface area contributed by atoms with Crippen LogP contribution in [0.3, 0.4) is 0 Å². The average molecular weight is 456 g/mol. The van der Waals surface area contributed by atoms with E-state index >= 15 is 0 Å². The van der Waals surface area contributed by atoms with Crippen LogP contribution in [-0.2, 0) is 11.2 Å². The van der Waals surface area contributed by atoms with E-state index in [0.29, 0.717) is 9.81 Å². The second kappa shape index (κ2) is 8.70. The molecule has 0 aliphatic rings. The number of aryl methyl sites for hydroxylation is 1. The molecule has 0 bridgehead atoms. The van der Waals surface area contributed by atoms with Crippen molar-refractivity contribution in [1.82, 2.24) is 0 Å². The Kier molecular flexibility index (Phi) is 6.90. The highest BCUT2D eigenvalue weighted by atomic mass is 79.9. The van der Waals surface area contributed by atoms with E-state index in [1.807, 2.05) is 36.4 Å². The van der Waals surface area contributed by atoms with E-state index in [1.165, 1.54) is 0 Å². The van der Waals surface area contributed by atoms with Crippen LogP contribution in [0.1, 0.15) is 24.4 Å². The maximum absolute atomic E-state index is 9.59. The van der Waals surface area contributed by atoms with Crippen molar-refractivity contribution in [1.29, 1.82) is 0 Å². The molecule has 0 saturated heterocycles. The van der Waals surface area contributed by atoms with E-state index in [0.717, 1.165) is 34.3 Å². The van der Waals surface area contributed by atoms with Crippen LogP contribution >= 0.6 is 31.9 Å². The number of methoxy groups -OCH3 is 1. The van der Waals surface area contributed by atoms with Crippen molar-refractivity contribution in [2.24, 2.45) is 0 Å². The number of rotatable bonds is 7. The van der Waals surface area contributed by atoms with Gasteiger partial charge < -0.3 is 14.3 Å². The Morgan fingerprint density at radius 2 is 2.12 bits per heavy atom. The zero-order valence-corrected chi connectivity index (χ0v) is 16.9. The Bertz CT molecular complexity index is 787. The van der Waals surface area contributed by atoms with Crippen molar-refractivity contribution >= 4 is 42.8 Å². The molecule has 1 unspecified atom stereocenters. The van der Waals surface area contributed by atoms with E-state index in [9.17, 15) is 5.11 Å². The fourth-order valence-corrected chi connectivity index (χ4v) is 3.29. The predicted molar refractivity (Wildman–Crippen MR) is 106 cm³/mol. The summed E-state index contributed by atoms with van der Waals surface area (Å²) in [4.78, 5) is 0. The molecule has 5 heteroatoms. The van der Waals surface area contributed by atoms with Gasteiger partial charge in [0.25, 0.3) is 0 Å². The second-order valence-electron chi connectivity index (χ2n) is 5.20. The van der Waals surface area contributed by atoms with Gasteiger partial charge in [0.15, 0.2) is 0 Å². The van der Waals surface area contributed by atoms with Gasteiger partial charge in [0.2, 0.25) is 0 Å². The van der Waals surface area contributed by atoms with Crippen molar-refractivity contribution < 1.29 is 14.3 Å². The van der Waals surface area contributed by atoms with Crippen molar-refractivity contribution in [2.75, 3.05) is 12.4 Å². The Morgan fingerprint density at radius 3 is 2.71 bits per heavy atom. The first-order valence-electron chi connectivity index (χ1n) is 7.58. The lowest BCUT2D eigenvalue weighted by Crippen LogP contribution is -2.06. The van der Waals surface area contributed by atoms with Gasteiger partial charge in [-0.1, -0.05) is 53.7 Å². The van der Waals surface area contributed by atoms with Crippen LogP contribution in [0.15, 0.2) is 63.2 Å². The van der Waals surface area contributed by atoms with Crippen LogP contribution in [0, 0.1) is 0 Å². The van der Waals surface area contributed by atoms with Gasteiger partial charge in [0, 0.05) is 29.8 Å². The molecule has 1 heterocycles. The van der Waals surface area contributed by atoms with E-state index in [2.05, 4.69) is 45.4 Å². The first-order valence-corrected chi connectivity index (χ1v) is 9.49. The molecule has 2 rings (SSSR count). The van der Waals surface area contributed by atoms with Crippen molar-refractivity contribution in [3.05, 3.63) is 70.1 Å². The molecule has 0 aliphatic carbocycles. The van der Waals surface area contributed by atoms with E-state index in [1.54, 1.807) is 7.11 Å². The van der Waals surface area contributed by atoms with Gasteiger partial charge in [-0.3, -0.25) is 0 Å². The number of halogens is 2. The molecule has 24 heavy (non-hydrogen) atoms. The largest absolute Gasteiger partial charge is 0.507 e. The lowest BCUT2D eigenvalue weighted by Gasteiger charge is -2.18. The van der Waals surface area contributed by atoms with Gasteiger partial charge in [-0.2, -0.15) is 0 Å². The summed E-state index contributed by atoms with van der Waals surface area (Å²) in [6, 6.07) is 7.94. The molecule has 0 spiro atoms. The third kappa shape index (κ3) is 4.02. The van der Waals surface area contributed by atoms with Crippen LogP contribution in [0.25, 0.3) is 11.0 Å². The first-order chi connectivity index (χ1) is 11.5. The van der Waals surface area contributed by atoms with E-state index in [-0.39, 0.29) is 11.9 Å². The maximum atomic E-state index is 9.59. The molecular weight excluding hydrogens is 436 g/mol. The Morgan fingerprint density at radius 1 is 1.42 bits per heavy atom. The molecule has 1 N–H and O–H groups in total. The average Bonchev–Trinajstić information content (AvgIpc) is 2.94. The molecular formula is C19H20Br2O3. The highest BCUT2D eigenvalue weighted by molar-refractivity contribution is 9.12. The van der Waals surface area contributed by atoms with Crippen LogP contribution in [0.2, 0.25) is 0 Å². The standard InChI is InChI=1S/C19H20Br2O3/c1-4-16-18(14-7-5-6-8-17(14)24-16)19(23-3)13(9-10-20)11-15(21)12(2)22/h5-9,11,19,22H,2,4,10H2,1,3H3/b13-9+,15-11+. The predicted octanol–water partition coefficient (Wildman–Crippen LogP) is 6.35. The minimum atomic E-state index is -0.312. The highest BCUT2D eigenvalue weighted by Gasteiger charge is 2.24. The van der Waals surface area contributed by atoms with Gasteiger partial charge in [0.05, 0.1) is 4.48 Å². The van der Waals surface area contributed by atoms with Gasteiger partial charge in [-0.25, -0.2) is 0 Å². The topological polar surface area (TPSA) is 42.6 Å². The lowest BCUT2D eigenvalue weighted by atomic mass is 9.96. The first kappa shape index (κ1) is 19.0. The van der Waals surface area contributed by atoms with E-state index in [4.69, 9.17) is 9.15 Å². The zero-order valence-electron chi connectivity index (χ0n) is 13.7. The minimum Gasteiger partial charge on any atom is -0.507 e. The summed E-state index contributed by atoms with van der Waals surface area (Å²) in [5, 5.41) is 11.3. The number of para-hydroxylation sites is 1. The second-order valence-corrected chi connectivity index (χ2v) is 6.70. The Balaban J connectivity index is 2.63. The maximum Gasteiger partial charge on any atom is 0.134 e. The summed E-state index contributed by atoms with van der Waals surface area (Å²) in [6.07, 6.45) is 4.27. The molecule has 1 atom stereocenters. The number of benzene rings is 1.